The zero-order valence-electron chi connectivity index (χ0n) is 13.4. The van der Waals surface area contributed by atoms with Crippen molar-refractivity contribution in [3.63, 3.8) is 0 Å². The van der Waals surface area contributed by atoms with Crippen LogP contribution in [0.3, 0.4) is 0 Å². The van der Waals surface area contributed by atoms with Gasteiger partial charge in [0.2, 0.25) is 0 Å². The summed E-state index contributed by atoms with van der Waals surface area (Å²) in [5, 5.41) is 1.69. The molecule has 1 aromatic rings. The van der Waals surface area contributed by atoms with E-state index in [4.69, 9.17) is 0 Å². The van der Waals surface area contributed by atoms with E-state index in [-0.39, 0.29) is 0 Å². The molecule has 101 valence electrons. The predicted octanol–water partition coefficient (Wildman–Crippen LogP) is 5.02. The van der Waals surface area contributed by atoms with E-state index >= 15 is 0 Å². The topological polar surface area (TPSA) is 0 Å². The molecule has 0 spiro atoms. The predicted molar refractivity (Wildman–Crippen MR) is 85.8 cm³/mol. The van der Waals surface area contributed by atoms with Gasteiger partial charge in [-0.25, -0.2) is 0 Å². The standard InChI is InChI=1S/C17H29Si/c1-11(2)14-9-15(12(3)4)17(18(7)8)16(10-14)13(5)6/h9-13H,1-8H3. The molecule has 1 aromatic carbocycles. The normalized spacial score (nSPS) is 12.2. The maximum absolute atomic E-state index is 2.47. The summed E-state index contributed by atoms with van der Waals surface area (Å²) in [5.41, 5.74) is 4.71. The van der Waals surface area contributed by atoms with Crippen molar-refractivity contribution in [1.82, 2.24) is 0 Å². The van der Waals surface area contributed by atoms with Crippen LogP contribution in [0.1, 0.15) is 76.0 Å². The second-order valence-corrected chi connectivity index (χ2v) is 9.04. The van der Waals surface area contributed by atoms with Crippen LogP contribution < -0.4 is 5.19 Å². The first-order valence-corrected chi connectivity index (χ1v) is 9.73. The number of hydrogen-bond donors (Lipinski definition) is 0. The van der Waals surface area contributed by atoms with Gasteiger partial charge in [-0.3, -0.25) is 0 Å². The monoisotopic (exact) mass is 261 g/mol. The lowest BCUT2D eigenvalue weighted by molar-refractivity contribution is 0.812. The van der Waals surface area contributed by atoms with E-state index in [1.807, 2.05) is 0 Å². The average Bonchev–Trinajstić information content (AvgIpc) is 2.26. The van der Waals surface area contributed by atoms with Gasteiger partial charge in [-0.15, -0.1) is 0 Å². The second-order valence-electron chi connectivity index (χ2n) is 6.54. The summed E-state index contributed by atoms with van der Waals surface area (Å²) in [6.45, 7) is 18.8. The minimum Gasteiger partial charge on any atom is -0.0671 e. The molecule has 0 nitrogen and oxygen atoms in total. The Labute approximate surface area is 115 Å². The molecule has 1 radical (unpaired) electrons. The van der Waals surface area contributed by atoms with Crippen LogP contribution in [0.4, 0.5) is 0 Å². The molecule has 1 rings (SSSR count). The highest BCUT2D eigenvalue weighted by Crippen LogP contribution is 2.26. The largest absolute Gasteiger partial charge is 0.0799 e. The summed E-state index contributed by atoms with van der Waals surface area (Å²) in [5.74, 6) is 1.89. The minimum absolute atomic E-state index is 0.403. The van der Waals surface area contributed by atoms with Crippen LogP contribution in [0.25, 0.3) is 0 Å². The zero-order chi connectivity index (χ0) is 14.0. The van der Waals surface area contributed by atoms with E-state index in [0.717, 1.165) is 0 Å². The Morgan fingerprint density at radius 1 is 0.722 bits per heavy atom. The molecule has 0 saturated heterocycles. The molecule has 0 aliphatic heterocycles. The van der Waals surface area contributed by atoms with E-state index < -0.39 is 8.80 Å². The van der Waals surface area contributed by atoms with Gasteiger partial charge in [-0.2, -0.15) is 0 Å². The molecule has 0 N–H and O–H groups in total. The fourth-order valence-electron chi connectivity index (χ4n) is 2.53. The number of rotatable bonds is 4. The Hall–Kier alpha value is -0.563. The molecule has 0 aromatic heterocycles. The molecule has 0 heterocycles. The van der Waals surface area contributed by atoms with Gasteiger partial charge in [0.25, 0.3) is 0 Å². The maximum Gasteiger partial charge on any atom is 0.0799 e. The van der Waals surface area contributed by atoms with Crippen molar-refractivity contribution in [3.05, 3.63) is 28.8 Å². The van der Waals surface area contributed by atoms with Crippen LogP contribution in [0.15, 0.2) is 12.1 Å². The second kappa shape index (κ2) is 6.05. The smallest absolute Gasteiger partial charge is 0.0671 e. The van der Waals surface area contributed by atoms with Crippen LogP contribution in [0.2, 0.25) is 13.1 Å². The maximum atomic E-state index is 2.47. The van der Waals surface area contributed by atoms with Gasteiger partial charge in [-0.1, -0.05) is 72.0 Å². The Morgan fingerprint density at radius 3 is 1.33 bits per heavy atom. The Kier molecular flexibility index (Phi) is 5.21. The molecule has 0 saturated carbocycles. The van der Waals surface area contributed by atoms with E-state index in [2.05, 4.69) is 66.8 Å². The molecule has 0 bridgehead atoms. The summed E-state index contributed by atoms with van der Waals surface area (Å²) in [4.78, 5) is 0. The van der Waals surface area contributed by atoms with Crippen LogP contribution >= 0.6 is 0 Å². The van der Waals surface area contributed by atoms with Crippen molar-refractivity contribution in [1.29, 1.82) is 0 Å². The molecule has 0 amide bonds. The molecule has 0 aliphatic carbocycles. The first-order chi connectivity index (χ1) is 8.25. The molecule has 18 heavy (non-hydrogen) atoms. The third-order valence-corrected chi connectivity index (χ3v) is 5.21. The van der Waals surface area contributed by atoms with Crippen molar-refractivity contribution < 1.29 is 0 Å². The van der Waals surface area contributed by atoms with Crippen molar-refractivity contribution >= 4 is 14.0 Å². The Morgan fingerprint density at radius 2 is 1.11 bits per heavy atom. The van der Waals surface area contributed by atoms with Crippen LogP contribution in [-0.4, -0.2) is 8.80 Å². The van der Waals surface area contributed by atoms with Crippen LogP contribution in [-0.2, 0) is 0 Å². The first kappa shape index (κ1) is 15.5. The van der Waals surface area contributed by atoms with Crippen molar-refractivity contribution in [2.45, 2.75) is 72.4 Å². The number of benzene rings is 1. The molecular formula is C17H29Si. The molecular weight excluding hydrogens is 232 g/mol. The first-order valence-electron chi connectivity index (χ1n) is 7.23. The highest BCUT2D eigenvalue weighted by Gasteiger charge is 2.19. The van der Waals surface area contributed by atoms with Crippen LogP contribution in [0.5, 0.6) is 0 Å². The van der Waals surface area contributed by atoms with Gasteiger partial charge >= 0.3 is 0 Å². The highest BCUT2D eigenvalue weighted by molar-refractivity contribution is 6.71. The van der Waals surface area contributed by atoms with Gasteiger partial charge in [0.05, 0.1) is 8.80 Å². The summed E-state index contributed by atoms with van der Waals surface area (Å²) in [6, 6.07) is 4.93. The van der Waals surface area contributed by atoms with Crippen molar-refractivity contribution in [2.75, 3.05) is 0 Å². The lowest BCUT2D eigenvalue weighted by atomic mass is 9.89. The molecule has 0 aliphatic rings. The SMILES string of the molecule is CC(C)c1cc(C(C)C)c([Si](C)C)c(C(C)C)c1. The Bertz CT molecular complexity index is 371. The van der Waals surface area contributed by atoms with Crippen LogP contribution in [0, 0.1) is 0 Å². The fourth-order valence-corrected chi connectivity index (χ4v) is 4.41. The lowest BCUT2D eigenvalue weighted by Gasteiger charge is -2.24. The minimum atomic E-state index is -0.403. The Balaban J connectivity index is 3.55. The van der Waals surface area contributed by atoms with E-state index in [9.17, 15) is 0 Å². The summed E-state index contributed by atoms with van der Waals surface area (Å²) < 4.78 is 0. The summed E-state index contributed by atoms with van der Waals surface area (Å²) in [7, 11) is -0.403. The quantitative estimate of drug-likeness (QED) is 0.668. The average molecular weight is 262 g/mol. The van der Waals surface area contributed by atoms with Gasteiger partial charge in [-0.05, 0) is 34.4 Å². The van der Waals surface area contributed by atoms with Gasteiger partial charge < -0.3 is 0 Å². The van der Waals surface area contributed by atoms with Gasteiger partial charge in [0.15, 0.2) is 0 Å². The number of hydrogen-bond acceptors (Lipinski definition) is 0. The van der Waals surface area contributed by atoms with E-state index in [0.29, 0.717) is 17.8 Å². The highest BCUT2D eigenvalue weighted by atomic mass is 28.3. The third-order valence-electron chi connectivity index (χ3n) is 3.63. The lowest BCUT2D eigenvalue weighted by Crippen LogP contribution is -2.32. The molecule has 0 fully saturated rings. The van der Waals surface area contributed by atoms with Gasteiger partial charge in [0.1, 0.15) is 0 Å². The zero-order valence-corrected chi connectivity index (χ0v) is 14.4. The third kappa shape index (κ3) is 3.26. The van der Waals surface area contributed by atoms with Gasteiger partial charge in [0, 0.05) is 0 Å². The summed E-state index contributed by atoms with van der Waals surface area (Å²) >= 11 is 0. The van der Waals surface area contributed by atoms with Crippen molar-refractivity contribution in [3.8, 4) is 0 Å². The molecule has 1 heteroatoms. The molecule has 0 unspecified atom stereocenters. The van der Waals surface area contributed by atoms with Crippen molar-refractivity contribution in [2.24, 2.45) is 0 Å². The fraction of sp³-hybridized carbons (Fsp3) is 0.647. The van der Waals surface area contributed by atoms with E-state index in [1.54, 1.807) is 16.3 Å². The summed E-state index contributed by atoms with van der Waals surface area (Å²) in [6.07, 6.45) is 0. The van der Waals surface area contributed by atoms with E-state index in [1.165, 1.54) is 5.56 Å². The molecule has 0 atom stereocenters.